The molecule has 0 heterocycles. The van der Waals surface area contributed by atoms with E-state index >= 15 is 0 Å². The van der Waals surface area contributed by atoms with Gasteiger partial charge in [0.1, 0.15) is 0 Å². The number of amides is 1. The summed E-state index contributed by atoms with van der Waals surface area (Å²) in [5, 5.41) is 3.07. The Bertz CT molecular complexity index is 200. The summed E-state index contributed by atoms with van der Waals surface area (Å²) in [6.45, 7) is 1.68. The Hall–Kier alpha value is -0.570. The van der Waals surface area contributed by atoms with Crippen LogP contribution < -0.4 is 11.1 Å². The third-order valence-electron chi connectivity index (χ3n) is 3.66. The van der Waals surface area contributed by atoms with Crippen LogP contribution in [0.2, 0.25) is 0 Å². The van der Waals surface area contributed by atoms with Crippen LogP contribution in [0.1, 0.15) is 64.2 Å². The molecule has 3 nitrogen and oxygen atoms in total. The first-order valence-electron chi connectivity index (χ1n) is 7.32. The molecule has 0 unspecified atom stereocenters. The standard InChI is InChI=1S/C14H28N2O/c15-11-7-3-1-2-4-8-12-16-14(17)13-9-5-6-10-13/h13H,1-12,15H2,(H,16,17). The van der Waals surface area contributed by atoms with Crippen LogP contribution in [-0.4, -0.2) is 19.0 Å². The fraction of sp³-hybridized carbons (Fsp3) is 0.929. The molecule has 17 heavy (non-hydrogen) atoms. The summed E-state index contributed by atoms with van der Waals surface area (Å²) in [4.78, 5) is 11.7. The van der Waals surface area contributed by atoms with E-state index in [1.54, 1.807) is 0 Å². The molecule has 0 aliphatic heterocycles. The number of carbonyl (C=O) groups is 1. The Morgan fingerprint density at radius 2 is 1.59 bits per heavy atom. The molecule has 1 saturated carbocycles. The lowest BCUT2D eigenvalue weighted by Gasteiger charge is -2.09. The smallest absolute Gasteiger partial charge is 0.223 e. The van der Waals surface area contributed by atoms with Gasteiger partial charge in [-0.15, -0.1) is 0 Å². The van der Waals surface area contributed by atoms with E-state index in [0.29, 0.717) is 11.8 Å². The minimum absolute atomic E-state index is 0.297. The Kier molecular flexibility index (Phi) is 8.06. The molecular weight excluding hydrogens is 212 g/mol. The zero-order valence-corrected chi connectivity index (χ0v) is 11.0. The Balaban J connectivity index is 1.85. The van der Waals surface area contributed by atoms with E-state index in [-0.39, 0.29) is 0 Å². The summed E-state index contributed by atoms with van der Waals surface area (Å²) in [5.74, 6) is 0.616. The average Bonchev–Trinajstić information content (AvgIpc) is 2.86. The minimum atomic E-state index is 0.297. The topological polar surface area (TPSA) is 55.1 Å². The zero-order chi connectivity index (χ0) is 12.3. The molecule has 1 aliphatic carbocycles. The highest BCUT2D eigenvalue weighted by Gasteiger charge is 2.21. The van der Waals surface area contributed by atoms with Crippen LogP contribution in [0.25, 0.3) is 0 Å². The largest absolute Gasteiger partial charge is 0.356 e. The molecule has 1 amide bonds. The highest BCUT2D eigenvalue weighted by molar-refractivity contribution is 5.78. The first kappa shape index (κ1) is 14.5. The number of carbonyl (C=O) groups excluding carboxylic acids is 1. The lowest BCUT2D eigenvalue weighted by atomic mass is 10.1. The summed E-state index contributed by atoms with van der Waals surface area (Å²) >= 11 is 0. The molecule has 0 spiro atoms. The van der Waals surface area contributed by atoms with Crippen molar-refractivity contribution in [2.45, 2.75) is 64.2 Å². The van der Waals surface area contributed by atoms with Crippen molar-refractivity contribution in [3.8, 4) is 0 Å². The van der Waals surface area contributed by atoms with E-state index in [4.69, 9.17) is 5.73 Å². The summed E-state index contributed by atoms with van der Waals surface area (Å²) in [6, 6.07) is 0. The number of nitrogens with one attached hydrogen (secondary N) is 1. The van der Waals surface area contributed by atoms with Crippen molar-refractivity contribution in [2.24, 2.45) is 11.7 Å². The van der Waals surface area contributed by atoms with Gasteiger partial charge >= 0.3 is 0 Å². The molecule has 0 saturated heterocycles. The van der Waals surface area contributed by atoms with Gasteiger partial charge in [0.25, 0.3) is 0 Å². The Morgan fingerprint density at radius 3 is 2.24 bits per heavy atom. The number of rotatable bonds is 9. The van der Waals surface area contributed by atoms with Gasteiger partial charge in [0, 0.05) is 12.5 Å². The van der Waals surface area contributed by atoms with E-state index < -0.39 is 0 Å². The predicted octanol–water partition coefficient (Wildman–Crippen LogP) is 2.59. The van der Waals surface area contributed by atoms with E-state index in [1.165, 1.54) is 38.5 Å². The van der Waals surface area contributed by atoms with Gasteiger partial charge in [0.2, 0.25) is 5.91 Å². The van der Waals surface area contributed by atoms with Crippen LogP contribution in [0, 0.1) is 5.92 Å². The zero-order valence-electron chi connectivity index (χ0n) is 11.0. The summed E-state index contributed by atoms with van der Waals surface area (Å²) in [7, 11) is 0. The average molecular weight is 240 g/mol. The molecule has 0 radical (unpaired) electrons. The highest BCUT2D eigenvalue weighted by atomic mass is 16.1. The number of unbranched alkanes of at least 4 members (excludes halogenated alkanes) is 5. The van der Waals surface area contributed by atoms with E-state index in [0.717, 1.165) is 38.8 Å². The summed E-state index contributed by atoms with van der Waals surface area (Å²) in [5.41, 5.74) is 5.44. The maximum Gasteiger partial charge on any atom is 0.223 e. The molecule has 1 rings (SSSR count). The van der Waals surface area contributed by atoms with Crippen LogP contribution in [0.15, 0.2) is 0 Å². The highest BCUT2D eigenvalue weighted by Crippen LogP contribution is 2.24. The predicted molar refractivity (Wildman–Crippen MR) is 71.7 cm³/mol. The molecule has 0 aromatic rings. The van der Waals surface area contributed by atoms with Gasteiger partial charge in [-0.05, 0) is 32.2 Å². The van der Waals surface area contributed by atoms with Gasteiger partial charge in [-0.25, -0.2) is 0 Å². The Morgan fingerprint density at radius 1 is 1.00 bits per heavy atom. The maximum absolute atomic E-state index is 11.7. The van der Waals surface area contributed by atoms with Crippen LogP contribution in [0.3, 0.4) is 0 Å². The SMILES string of the molecule is NCCCCCCCCNC(=O)C1CCCC1. The molecule has 100 valence electrons. The van der Waals surface area contributed by atoms with Gasteiger partial charge in [-0.3, -0.25) is 4.79 Å². The molecule has 0 atom stereocenters. The summed E-state index contributed by atoms with van der Waals surface area (Å²) < 4.78 is 0. The summed E-state index contributed by atoms with van der Waals surface area (Å²) in [6.07, 6.45) is 12.0. The molecule has 1 aliphatic rings. The van der Waals surface area contributed by atoms with Crippen molar-refractivity contribution in [1.29, 1.82) is 0 Å². The fourth-order valence-corrected chi connectivity index (χ4v) is 2.52. The third kappa shape index (κ3) is 6.67. The van der Waals surface area contributed by atoms with E-state index in [1.807, 2.05) is 0 Å². The minimum Gasteiger partial charge on any atom is -0.356 e. The maximum atomic E-state index is 11.7. The van der Waals surface area contributed by atoms with Crippen LogP contribution in [-0.2, 0) is 4.79 Å². The normalized spacial score (nSPS) is 16.3. The van der Waals surface area contributed by atoms with Crippen molar-refractivity contribution in [1.82, 2.24) is 5.32 Å². The van der Waals surface area contributed by atoms with Crippen molar-refractivity contribution in [2.75, 3.05) is 13.1 Å². The Labute approximate surface area is 106 Å². The number of nitrogens with two attached hydrogens (primary N) is 1. The lowest BCUT2D eigenvalue weighted by molar-refractivity contribution is -0.124. The molecule has 1 fully saturated rings. The monoisotopic (exact) mass is 240 g/mol. The first-order valence-corrected chi connectivity index (χ1v) is 7.32. The molecule has 0 aromatic carbocycles. The van der Waals surface area contributed by atoms with Crippen molar-refractivity contribution in [3.63, 3.8) is 0 Å². The van der Waals surface area contributed by atoms with Crippen LogP contribution in [0.4, 0.5) is 0 Å². The van der Waals surface area contributed by atoms with Gasteiger partial charge < -0.3 is 11.1 Å². The molecule has 3 N–H and O–H groups in total. The van der Waals surface area contributed by atoms with Crippen LogP contribution in [0.5, 0.6) is 0 Å². The fourth-order valence-electron chi connectivity index (χ4n) is 2.52. The second-order valence-electron chi connectivity index (χ2n) is 5.18. The third-order valence-corrected chi connectivity index (χ3v) is 3.66. The van der Waals surface area contributed by atoms with E-state index in [2.05, 4.69) is 5.32 Å². The molecule has 0 bridgehead atoms. The second kappa shape index (κ2) is 9.46. The van der Waals surface area contributed by atoms with Crippen LogP contribution >= 0.6 is 0 Å². The van der Waals surface area contributed by atoms with Crippen molar-refractivity contribution < 1.29 is 4.79 Å². The van der Waals surface area contributed by atoms with Gasteiger partial charge in [0.05, 0.1) is 0 Å². The molecule has 3 heteroatoms. The lowest BCUT2D eigenvalue weighted by Crippen LogP contribution is -2.30. The van der Waals surface area contributed by atoms with Gasteiger partial charge in [-0.1, -0.05) is 38.5 Å². The van der Waals surface area contributed by atoms with Crippen molar-refractivity contribution >= 4 is 5.91 Å². The van der Waals surface area contributed by atoms with Crippen molar-refractivity contribution in [3.05, 3.63) is 0 Å². The first-order chi connectivity index (χ1) is 8.34. The quantitative estimate of drug-likeness (QED) is 0.609. The number of hydrogen-bond donors (Lipinski definition) is 2. The van der Waals surface area contributed by atoms with Gasteiger partial charge in [0.15, 0.2) is 0 Å². The van der Waals surface area contributed by atoms with E-state index in [9.17, 15) is 4.79 Å². The van der Waals surface area contributed by atoms with Gasteiger partial charge in [-0.2, -0.15) is 0 Å². The second-order valence-corrected chi connectivity index (χ2v) is 5.18. The molecule has 0 aromatic heterocycles. The molecular formula is C14H28N2O. The number of hydrogen-bond acceptors (Lipinski definition) is 2.